The fourth-order valence-corrected chi connectivity index (χ4v) is 3.59. The minimum absolute atomic E-state index is 0.117. The highest BCUT2D eigenvalue weighted by atomic mass is 16.7. The maximum atomic E-state index is 12.4. The number of nitrogens with zero attached hydrogens (tertiary/aromatic N) is 1. The van der Waals surface area contributed by atoms with Crippen molar-refractivity contribution in [3.05, 3.63) is 41.5 Å². The average Bonchev–Trinajstić information content (AvgIpc) is 3.46. The van der Waals surface area contributed by atoms with Crippen LogP contribution in [0, 0.1) is 0 Å². The van der Waals surface area contributed by atoms with Crippen molar-refractivity contribution in [1.82, 2.24) is 5.32 Å². The molecule has 2 aliphatic rings. The Bertz CT molecular complexity index is 1010. The maximum Gasteiger partial charge on any atom is 0.251 e. The van der Waals surface area contributed by atoms with E-state index in [-0.39, 0.29) is 18.8 Å². The molecule has 2 heterocycles. The Morgan fingerprint density at radius 3 is 2.74 bits per heavy atom. The van der Waals surface area contributed by atoms with E-state index in [1.54, 1.807) is 45.6 Å². The molecule has 0 spiro atoms. The van der Waals surface area contributed by atoms with Crippen LogP contribution in [0.15, 0.2) is 35.5 Å². The summed E-state index contributed by atoms with van der Waals surface area (Å²) in [5.74, 6) is 2.66. The number of benzene rings is 2. The van der Waals surface area contributed by atoms with E-state index in [0.29, 0.717) is 53.7 Å². The van der Waals surface area contributed by atoms with E-state index in [1.807, 2.05) is 6.07 Å². The minimum Gasteiger partial charge on any atom is -0.497 e. The van der Waals surface area contributed by atoms with E-state index in [1.165, 1.54) is 0 Å². The van der Waals surface area contributed by atoms with Gasteiger partial charge in [0.15, 0.2) is 11.5 Å². The summed E-state index contributed by atoms with van der Waals surface area (Å²) in [7, 11) is 4.72. The van der Waals surface area contributed by atoms with Crippen molar-refractivity contribution in [2.45, 2.75) is 18.9 Å². The van der Waals surface area contributed by atoms with Gasteiger partial charge in [-0.1, -0.05) is 11.2 Å². The molecule has 0 bridgehead atoms. The van der Waals surface area contributed by atoms with Crippen LogP contribution in [0.25, 0.3) is 0 Å². The number of carbonyl (C=O) groups is 1. The Morgan fingerprint density at radius 1 is 1.13 bits per heavy atom. The lowest BCUT2D eigenvalue weighted by Crippen LogP contribution is -2.29. The standard InChI is InChI=1S/C22H24N2O7/c1-26-16-6-4-5-13(7-16)22(25)23-11-15-10-17(31-24-15)8-14-9-18(27-2)20-21(19(14)28-3)30-12-29-20/h4-7,9,17H,8,10-12H2,1-3H3,(H,23,25)/t17-/m0/s1. The van der Waals surface area contributed by atoms with Gasteiger partial charge in [0.2, 0.25) is 18.3 Å². The monoisotopic (exact) mass is 428 g/mol. The maximum absolute atomic E-state index is 12.4. The summed E-state index contributed by atoms with van der Waals surface area (Å²) < 4.78 is 27.2. The van der Waals surface area contributed by atoms with Crippen LogP contribution in [0.1, 0.15) is 22.3 Å². The molecule has 0 unspecified atom stereocenters. The lowest BCUT2D eigenvalue weighted by Gasteiger charge is -2.15. The van der Waals surface area contributed by atoms with Crippen molar-refractivity contribution in [2.75, 3.05) is 34.7 Å². The van der Waals surface area contributed by atoms with Crippen molar-refractivity contribution in [3.8, 4) is 28.7 Å². The van der Waals surface area contributed by atoms with Gasteiger partial charge >= 0.3 is 0 Å². The largest absolute Gasteiger partial charge is 0.497 e. The highest BCUT2D eigenvalue weighted by Crippen LogP contribution is 2.49. The van der Waals surface area contributed by atoms with Gasteiger partial charge in [-0.3, -0.25) is 4.79 Å². The minimum atomic E-state index is -0.202. The first-order valence-electron chi connectivity index (χ1n) is 9.80. The molecule has 9 nitrogen and oxygen atoms in total. The first-order valence-corrected chi connectivity index (χ1v) is 9.80. The molecule has 0 aliphatic carbocycles. The molecule has 1 N–H and O–H groups in total. The zero-order chi connectivity index (χ0) is 21.8. The molecule has 0 radical (unpaired) electrons. The number of carbonyl (C=O) groups excluding carboxylic acids is 1. The highest BCUT2D eigenvalue weighted by Gasteiger charge is 2.30. The SMILES string of the molecule is COc1cccc(C(=O)NCC2=NO[C@@H](Cc3cc(OC)c4c(c3OC)OCO4)C2)c1. The number of oxime groups is 1. The summed E-state index contributed by atoms with van der Waals surface area (Å²) in [4.78, 5) is 18.0. The van der Waals surface area contributed by atoms with Gasteiger partial charge in [-0.2, -0.15) is 0 Å². The zero-order valence-corrected chi connectivity index (χ0v) is 17.6. The van der Waals surface area contributed by atoms with E-state index < -0.39 is 0 Å². The lowest BCUT2D eigenvalue weighted by atomic mass is 10.0. The number of fused-ring (bicyclic) bond motifs is 1. The third kappa shape index (κ3) is 4.30. The number of hydrogen-bond donors (Lipinski definition) is 1. The summed E-state index contributed by atoms with van der Waals surface area (Å²) in [6.45, 7) is 0.416. The molecule has 1 amide bonds. The summed E-state index contributed by atoms with van der Waals surface area (Å²) in [5.41, 5.74) is 2.14. The molecule has 0 saturated carbocycles. The second-order valence-corrected chi connectivity index (χ2v) is 7.04. The average molecular weight is 428 g/mol. The molecule has 2 aromatic rings. The van der Waals surface area contributed by atoms with Gasteiger partial charge in [0.1, 0.15) is 11.9 Å². The van der Waals surface area contributed by atoms with Crippen molar-refractivity contribution in [3.63, 3.8) is 0 Å². The van der Waals surface area contributed by atoms with Crippen molar-refractivity contribution in [1.29, 1.82) is 0 Å². The summed E-state index contributed by atoms with van der Waals surface area (Å²) in [6.07, 6.45) is 0.924. The molecule has 2 aliphatic heterocycles. The van der Waals surface area contributed by atoms with Crippen LogP contribution >= 0.6 is 0 Å². The normalized spacial score (nSPS) is 16.4. The Kier molecular flexibility index (Phi) is 6.01. The van der Waals surface area contributed by atoms with Crippen LogP contribution in [0.3, 0.4) is 0 Å². The van der Waals surface area contributed by atoms with Gasteiger partial charge in [0.25, 0.3) is 5.91 Å². The first-order chi connectivity index (χ1) is 15.1. The van der Waals surface area contributed by atoms with Crippen LogP contribution in [0.4, 0.5) is 0 Å². The molecule has 0 aromatic heterocycles. The Labute approximate surface area is 179 Å². The quantitative estimate of drug-likeness (QED) is 0.690. The van der Waals surface area contributed by atoms with Crippen LogP contribution in [-0.2, 0) is 11.3 Å². The molecule has 2 aromatic carbocycles. The molecule has 0 fully saturated rings. The molecule has 0 saturated heterocycles. The third-order valence-corrected chi connectivity index (χ3v) is 5.09. The molecule has 4 rings (SSSR count). The van der Waals surface area contributed by atoms with Gasteiger partial charge in [-0.15, -0.1) is 0 Å². The zero-order valence-electron chi connectivity index (χ0n) is 17.6. The first kappa shape index (κ1) is 20.6. The van der Waals surface area contributed by atoms with E-state index >= 15 is 0 Å². The lowest BCUT2D eigenvalue weighted by molar-refractivity contribution is 0.0853. The molecule has 164 valence electrons. The van der Waals surface area contributed by atoms with Crippen LogP contribution in [0.5, 0.6) is 28.7 Å². The van der Waals surface area contributed by atoms with Gasteiger partial charge < -0.3 is 33.8 Å². The second kappa shape index (κ2) is 9.03. The summed E-state index contributed by atoms with van der Waals surface area (Å²) >= 11 is 0. The van der Waals surface area contributed by atoms with Crippen LogP contribution in [-0.4, -0.2) is 52.4 Å². The number of amides is 1. The summed E-state index contributed by atoms with van der Waals surface area (Å²) in [6, 6.07) is 8.83. The van der Waals surface area contributed by atoms with Gasteiger partial charge in [0, 0.05) is 24.0 Å². The van der Waals surface area contributed by atoms with E-state index in [0.717, 1.165) is 11.3 Å². The number of rotatable bonds is 8. The third-order valence-electron chi connectivity index (χ3n) is 5.09. The Hall–Kier alpha value is -3.62. The van der Waals surface area contributed by atoms with Crippen molar-refractivity contribution >= 4 is 11.6 Å². The van der Waals surface area contributed by atoms with Crippen LogP contribution < -0.4 is 29.0 Å². The second-order valence-electron chi connectivity index (χ2n) is 7.04. The number of hydrogen-bond acceptors (Lipinski definition) is 8. The van der Waals surface area contributed by atoms with E-state index in [2.05, 4.69) is 10.5 Å². The van der Waals surface area contributed by atoms with Crippen LogP contribution in [0.2, 0.25) is 0 Å². The fourth-order valence-electron chi connectivity index (χ4n) is 3.59. The highest BCUT2D eigenvalue weighted by molar-refractivity contribution is 5.98. The molecule has 31 heavy (non-hydrogen) atoms. The van der Waals surface area contributed by atoms with E-state index in [4.69, 9.17) is 28.5 Å². The summed E-state index contributed by atoms with van der Waals surface area (Å²) in [5, 5.41) is 7.00. The smallest absolute Gasteiger partial charge is 0.251 e. The predicted octanol–water partition coefficient (Wildman–Crippen LogP) is 2.56. The van der Waals surface area contributed by atoms with Crippen molar-refractivity contribution < 1.29 is 33.3 Å². The number of ether oxygens (including phenoxy) is 5. The fraction of sp³-hybridized carbons (Fsp3) is 0.364. The molecular weight excluding hydrogens is 404 g/mol. The number of methoxy groups -OCH3 is 3. The van der Waals surface area contributed by atoms with Gasteiger partial charge in [-0.25, -0.2) is 0 Å². The topological polar surface area (TPSA) is 96.8 Å². The Balaban J connectivity index is 1.37. The predicted molar refractivity (Wildman–Crippen MR) is 112 cm³/mol. The van der Waals surface area contributed by atoms with Crippen molar-refractivity contribution in [2.24, 2.45) is 5.16 Å². The number of nitrogens with one attached hydrogen (secondary N) is 1. The Morgan fingerprint density at radius 2 is 1.97 bits per heavy atom. The molecular formula is C22H24N2O7. The van der Waals surface area contributed by atoms with E-state index in [9.17, 15) is 4.79 Å². The van der Waals surface area contributed by atoms with Gasteiger partial charge in [-0.05, 0) is 24.3 Å². The van der Waals surface area contributed by atoms with Gasteiger partial charge in [0.05, 0.1) is 33.6 Å². The molecule has 1 atom stereocenters. The molecule has 9 heteroatoms.